The van der Waals surface area contributed by atoms with Gasteiger partial charge in [-0.2, -0.15) is 0 Å². The normalized spacial score (nSPS) is 14.1. The van der Waals surface area contributed by atoms with Crippen LogP contribution in [0.2, 0.25) is 10.0 Å². The van der Waals surface area contributed by atoms with Crippen LogP contribution in [0.4, 0.5) is 0 Å². The number of carbonyl (C=O) groups is 2. The molecule has 4 rings (SSSR count). The first-order valence-corrected chi connectivity index (χ1v) is 13.5. The summed E-state index contributed by atoms with van der Waals surface area (Å²) in [6, 6.07) is 21.3. The Labute approximate surface area is 233 Å². The second-order valence-electron chi connectivity index (χ2n) is 9.36. The second-order valence-corrected chi connectivity index (χ2v) is 10.2. The third kappa shape index (κ3) is 7.21. The van der Waals surface area contributed by atoms with E-state index in [4.69, 9.17) is 32.7 Å². The molecule has 1 unspecified atom stereocenters. The highest BCUT2D eigenvalue weighted by Gasteiger charge is 2.33. The number of hydrogen-bond donors (Lipinski definition) is 1. The van der Waals surface area contributed by atoms with E-state index in [0.717, 1.165) is 31.2 Å². The molecular weight excluding hydrogens is 523 g/mol. The number of carbonyl (C=O) groups excluding carboxylic acids is 2. The Hall–Kier alpha value is -3.22. The van der Waals surface area contributed by atoms with Gasteiger partial charge in [-0.25, -0.2) is 0 Å². The molecular formula is C30H32Cl2N2O4. The number of ether oxygens (including phenoxy) is 2. The maximum Gasteiger partial charge on any atom is 0.261 e. The van der Waals surface area contributed by atoms with E-state index in [-0.39, 0.29) is 31.0 Å². The molecule has 0 aromatic heterocycles. The first kappa shape index (κ1) is 27.8. The minimum atomic E-state index is -0.792. The van der Waals surface area contributed by atoms with E-state index in [1.807, 2.05) is 36.4 Å². The number of halogens is 2. The smallest absolute Gasteiger partial charge is 0.261 e. The van der Waals surface area contributed by atoms with Crippen molar-refractivity contribution in [3.05, 3.63) is 94.0 Å². The fourth-order valence-electron chi connectivity index (χ4n) is 4.74. The van der Waals surface area contributed by atoms with Crippen molar-refractivity contribution in [1.82, 2.24) is 10.2 Å². The fraction of sp³-hybridized carbons (Fsp3) is 0.333. The first-order valence-electron chi connectivity index (χ1n) is 12.8. The van der Waals surface area contributed by atoms with Crippen LogP contribution in [-0.4, -0.2) is 42.5 Å². The molecule has 1 aliphatic rings. The van der Waals surface area contributed by atoms with Gasteiger partial charge in [0.1, 0.15) is 6.04 Å². The Kier molecular flexibility index (Phi) is 9.91. The van der Waals surface area contributed by atoms with Gasteiger partial charge in [0.25, 0.3) is 5.91 Å². The van der Waals surface area contributed by atoms with Gasteiger partial charge in [0.2, 0.25) is 5.91 Å². The number of nitrogens with one attached hydrogen (secondary N) is 1. The van der Waals surface area contributed by atoms with Crippen LogP contribution in [0.3, 0.4) is 0 Å². The van der Waals surface area contributed by atoms with Gasteiger partial charge in [0.15, 0.2) is 18.1 Å². The molecule has 8 heteroatoms. The van der Waals surface area contributed by atoms with E-state index < -0.39 is 6.04 Å². The molecule has 1 N–H and O–H groups in total. The Morgan fingerprint density at radius 3 is 2.21 bits per heavy atom. The maximum absolute atomic E-state index is 13.8. The second kappa shape index (κ2) is 13.5. The zero-order chi connectivity index (χ0) is 26.9. The number of benzene rings is 3. The molecule has 2 amide bonds. The average Bonchev–Trinajstić information content (AvgIpc) is 3.44. The van der Waals surface area contributed by atoms with Crippen LogP contribution in [0.15, 0.2) is 72.8 Å². The quantitative estimate of drug-likeness (QED) is 0.312. The molecule has 6 nitrogen and oxygen atoms in total. The van der Waals surface area contributed by atoms with Crippen molar-refractivity contribution >= 4 is 35.0 Å². The summed E-state index contributed by atoms with van der Waals surface area (Å²) >= 11 is 13.0. The third-order valence-electron chi connectivity index (χ3n) is 6.78. The number of methoxy groups -OCH3 is 1. The first-order chi connectivity index (χ1) is 18.5. The highest BCUT2D eigenvalue weighted by atomic mass is 35.5. The van der Waals surface area contributed by atoms with Crippen molar-refractivity contribution in [2.45, 2.75) is 50.7 Å². The zero-order valence-corrected chi connectivity index (χ0v) is 22.9. The Bertz CT molecular complexity index is 1210. The van der Waals surface area contributed by atoms with Gasteiger partial charge in [-0.15, -0.1) is 0 Å². The monoisotopic (exact) mass is 554 g/mol. The van der Waals surface area contributed by atoms with Crippen molar-refractivity contribution < 1.29 is 19.1 Å². The molecule has 0 aliphatic heterocycles. The molecule has 200 valence electrons. The van der Waals surface area contributed by atoms with Crippen molar-refractivity contribution in [2.24, 2.45) is 0 Å². The molecule has 1 fully saturated rings. The Morgan fingerprint density at radius 1 is 0.921 bits per heavy atom. The van der Waals surface area contributed by atoms with E-state index in [2.05, 4.69) is 5.32 Å². The molecule has 3 aromatic carbocycles. The van der Waals surface area contributed by atoms with Gasteiger partial charge >= 0.3 is 0 Å². The van der Waals surface area contributed by atoms with Crippen LogP contribution >= 0.6 is 23.2 Å². The summed E-state index contributed by atoms with van der Waals surface area (Å²) in [6.45, 7) is -0.230. The average molecular weight is 556 g/mol. The molecule has 1 aliphatic carbocycles. The van der Waals surface area contributed by atoms with Gasteiger partial charge in [-0.1, -0.05) is 84.6 Å². The highest BCUT2D eigenvalue weighted by molar-refractivity contribution is 6.36. The van der Waals surface area contributed by atoms with Crippen molar-refractivity contribution in [2.75, 3.05) is 13.7 Å². The van der Waals surface area contributed by atoms with Gasteiger partial charge in [-0.05, 0) is 42.7 Å². The van der Waals surface area contributed by atoms with Crippen LogP contribution < -0.4 is 14.8 Å². The summed E-state index contributed by atoms with van der Waals surface area (Å²) in [7, 11) is 1.54. The molecule has 3 aromatic rings. The number of rotatable bonds is 11. The van der Waals surface area contributed by atoms with Gasteiger partial charge in [0.05, 0.1) is 7.11 Å². The molecule has 0 bridgehead atoms. The van der Waals surface area contributed by atoms with E-state index in [1.54, 1.807) is 43.5 Å². The predicted molar refractivity (Wildman–Crippen MR) is 150 cm³/mol. The summed E-state index contributed by atoms with van der Waals surface area (Å²) in [5, 5.41) is 4.03. The van der Waals surface area contributed by atoms with Crippen LogP contribution in [0.1, 0.15) is 36.8 Å². The SMILES string of the molecule is COc1ccccc1OCC(=O)N(Cc1c(Cl)cccc1Cl)C(Cc1ccccc1)C(=O)NC1CCCC1. The third-order valence-corrected chi connectivity index (χ3v) is 7.49. The molecule has 1 saturated carbocycles. The van der Waals surface area contributed by atoms with E-state index >= 15 is 0 Å². The Balaban J connectivity index is 1.66. The minimum absolute atomic E-state index is 0.0577. The van der Waals surface area contributed by atoms with E-state index in [1.165, 1.54) is 4.90 Å². The van der Waals surface area contributed by atoms with Crippen LogP contribution in [0, 0.1) is 0 Å². The predicted octanol–water partition coefficient (Wildman–Crippen LogP) is 6.08. The van der Waals surface area contributed by atoms with E-state index in [9.17, 15) is 9.59 Å². The van der Waals surface area contributed by atoms with Gasteiger partial charge in [0, 0.05) is 34.6 Å². The van der Waals surface area contributed by atoms with Gasteiger partial charge in [-0.3, -0.25) is 9.59 Å². The summed E-state index contributed by atoms with van der Waals surface area (Å²) < 4.78 is 11.2. The molecule has 1 atom stereocenters. The highest BCUT2D eigenvalue weighted by Crippen LogP contribution is 2.29. The number of amides is 2. The molecule has 0 heterocycles. The van der Waals surface area contributed by atoms with Crippen molar-refractivity contribution in [1.29, 1.82) is 0 Å². The summed E-state index contributed by atoms with van der Waals surface area (Å²) in [5.74, 6) is 0.388. The topological polar surface area (TPSA) is 67.9 Å². The van der Waals surface area contributed by atoms with Gasteiger partial charge < -0.3 is 19.7 Å². The molecule has 0 spiro atoms. The largest absolute Gasteiger partial charge is 0.493 e. The lowest BCUT2D eigenvalue weighted by Gasteiger charge is -2.32. The number of para-hydroxylation sites is 2. The Morgan fingerprint density at radius 2 is 1.55 bits per heavy atom. The van der Waals surface area contributed by atoms with Crippen LogP contribution in [-0.2, 0) is 22.6 Å². The van der Waals surface area contributed by atoms with Crippen LogP contribution in [0.25, 0.3) is 0 Å². The molecule has 0 saturated heterocycles. The van der Waals surface area contributed by atoms with Crippen molar-refractivity contribution in [3.8, 4) is 11.5 Å². The molecule has 0 radical (unpaired) electrons. The fourth-order valence-corrected chi connectivity index (χ4v) is 5.25. The van der Waals surface area contributed by atoms with Crippen LogP contribution in [0.5, 0.6) is 11.5 Å². The summed E-state index contributed by atoms with van der Waals surface area (Å²) in [5.41, 5.74) is 1.51. The molecule has 38 heavy (non-hydrogen) atoms. The summed E-state index contributed by atoms with van der Waals surface area (Å²) in [4.78, 5) is 29.1. The minimum Gasteiger partial charge on any atom is -0.493 e. The standard InChI is InChI=1S/C30H32Cl2N2O4/c1-37-27-16-7-8-17-28(27)38-20-29(35)34(19-23-24(31)14-9-15-25(23)32)26(18-21-10-3-2-4-11-21)30(36)33-22-12-5-6-13-22/h2-4,7-11,14-17,22,26H,5-6,12-13,18-20H2,1H3,(H,33,36). The lowest BCUT2D eigenvalue weighted by atomic mass is 10.0. The number of nitrogens with zero attached hydrogens (tertiary/aromatic N) is 1. The number of hydrogen-bond acceptors (Lipinski definition) is 4. The van der Waals surface area contributed by atoms with E-state index in [0.29, 0.717) is 33.5 Å². The maximum atomic E-state index is 13.8. The zero-order valence-electron chi connectivity index (χ0n) is 21.4. The lowest BCUT2D eigenvalue weighted by Crippen LogP contribution is -2.53. The lowest BCUT2D eigenvalue weighted by molar-refractivity contribution is -0.143. The van der Waals surface area contributed by atoms with Crippen molar-refractivity contribution in [3.63, 3.8) is 0 Å². The summed E-state index contributed by atoms with van der Waals surface area (Å²) in [6.07, 6.45) is 4.37.